The molecule has 0 bridgehead atoms. The lowest BCUT2D eigenvalue weighted by molar-refractivity contribution is -0.385. The standard InChI is InChI=1S/C17H13ClN4O6/c1-26-10-4-5-11(14(8-10)27-2)16-20-21-17(28-16)19-15(23)12-7-9(18)3-6-13(12)22(24)25/h3-8H,1-2H3,(H,19,21,23). The summed E-state index contributed by atoms with van der Waals surface area (Å²) in [5.41, 5.74) is -0.164. The third-order valence-corrected chi connectivity index (χ3v) is 3.92. The lowest BCUT2D eigenvalue weighted by Crippen LogP contribution is -2.14. The fourth-order valence-corrected chi connectivity index (χ4v) is 2.54. The van der Waals surface area contributed by atoms with Crippen LogP contribution >= 0.6 is 11.6 Å². The van der Waals surface area contributed by atoms with Crippen LogP contribution in [0.25, 0.3) is 11.5 Å². The van der Waals surface area contributed by atoms with E-state index in [1.165, 1.54) is 26.4 Å². The molecular formula is C17H13ClN4O6. The number of hydrogen-bond donors (Lipinski definition) is 1. The Hall–Kier alpha value is -3.66. The van der Waals surface area contributed by atoms with Crippen molar-refractivity contribution in [3.63, 3.8) is 0 Å². The first kappa shape index (κ1) is 19.1. The molecule has 10 nitrogen and oxygen atoms in total. The summed E-state index contributed by atoms with van der Waals surface area (Å²) >= 11 is 5.83. The Morgan fingerprint density at radius 2 is 1.96 bits per heavy atom. The Morgan fingerprint density at radius 1 is 1.18 bits per heavy atom. The quantitative estimate of drug-likeness (QED) is 0.487. The Bertz CT molecular complexity index is 1050. The van der Waals surface area contributed by atoms with Gasteiger partial charge in [0, 0.05) is 17.2 Å². The van der Waals surface area contributed by atoms with Gasteiger partial charge < -0.3 is 13.9 Å². The molecule has 0 spiro atoms. The number of carbonyl (C=O) groups is 1. The summed E-state index contributed by atoms with van der Waals surface area (Å²) in [6.45, 7) is 0. The van der Waals surface area contributed by atoms with Crippen LogP contribution in [0.15, 0.2) is 40.8 Å². The largest absolute Gasteiger partial charge is 0.497 e. The fraction of sp³-hybridized carbons (Fsp3) is 0.118. The van der Waals surface area contributed by atoms with Gasteiger partial charge in [-0.2, -0.15) is 0 Å². The van der Waals surface area contributed by atoms with Crippen LogP contribution in [0.4, 0.5) is 11.7 Å². The minimum atomic E-state index is -0.814. The molecule has 1 heterocycles. The highest BCUT2D eigenvalue weighted by Crippen LogP contribution is 2.33. The van der Waals surface area contributed by atoms with E-state index < -0.39 is 16.5 Å². The van der Waals surface area contributed by atoms with Gasteiger partial charge >= 0.3 is 6.01 Å². The highest BCUT2D eigenvalue weighted by molar-refractivity contribution is 6.31. The first-order chi connectivity index (χ1) is 13.4. The van der Waals surface area contributed by atoms with Gasteiger partial charge in [-0.05, 0) is 24.3 Å². The van der Waals surface area contributed by atoms with Crippen LogP contribution in [0.2, 0.25) is 5.02 Å². The van der Waals surface area contributed by atoms with E-state index >= 15 is 0 Å². The fourth-order valence-electron chi connectivity index (χ4n) is 2.37. The molecule has 0 saturated carbocycles. The van der Waals surface area contributed by atoms with E-state index in [9.17, 15) is 14.9 Å². The van der Waals surface area contributed by atoms with Gasteiger partial charge in [-0.25, -0.2) is 0 Å². The average molecular weight is 405 g/mol. The van der Waals surface area contributed by atoms with Crippen molar-refractivity contribution in [3.05, 3.63) is 57.1 Å². The Morgan fingerprint density at radius 3 is 2.64 bits per heavy atom. The summed E-state index contributed by atoms with van der Waals surface area (Å²) in [6, 6.07) is 8.35. The van der Waals surface area contributed by atoms with Crippen LogP contribution in [0, 0.1) is 10.1 Å². The van der Waals surface area contributed by atoms with Gasteiger partial charge in [0.25, 0.3) is 17.5 Å². The van der Waals surface area contributed by atoms with Crippen molar-refractivity contribution in [1.82, 2.24) is 10.2 Å². The summed E-state index contributed by atoms with van der Waals surface area (Å²) < 4.78 is 15.8. The summed E-state index contributed by atoms with van der Waals surface area (Å²) in [6.07, 6.45) is 0. The maximum absolute atomic E-state index is 12.4. The lowest BCUT2D eigenvalue weighted by Gasteiger charge is -2.07. The molecule has 0 fully saturated rings. The van der Waals surface area contributed by atoms with E-state index in [1.807, 2.05) is 0 Å². The number of nitro benzene ring substituents is 1. The van der Waals surface area contributed by atoms with E-state index in [0.29, 0.717) is 17.1 Å². The smallest absolute Gasteiger partial charge is 0.322 e. The number of nitrogens with one attached hydrogen (secondary N) is 1. The maximum Gasteiger partial charge on any atom is 0.322 e. The Balaban J connectivity index is 1.87. The normalized spacial score (nSPS) is 10.4. The molecule has 144 valence electrons. The van der Waals surface area contributed by atoms with Crippen LogP contribution in [0.3, 0.4) is 0 Å². The number of nitro groups is 1. The molecule has 1 amide bonds. The molecular weight excluding hydrogens is 392 g/mol. The second-order valence-electron chi connectivity index (χ2n) is 5.35. The first-order valence-corrected chi connectivity index (χ1v) is 8.12. The summed E-state index contributed by atoms with van der Waals surface area (Å²) in [4.78, 5) is 22.8. The number of ether oxygens (including phenoxy) is 2. The van der Waals surface area contributed by atoms with Crippen molar-refractivity contribution in [2.24, 2.45) is 0 Å². The zero-order chi connectivity index (χ0) is 20.3. The summed E-state index contributed by atoms with van der Waals surface area (Å²) in [7, 11) is 2.99. The number of carbonyl (C=O) groups excluding carboxylic acids is 1. The van der Waals surface area contributed by atoms with Crippen molar-refractivity contribution < 1.29 is 23.6 Å². The van der Waals surface area contributed by atoms with Crippen LogP contribution in [-0.2, 0) is 0 Å². The minimum absolute atomic E-state index is 0.0791. The first-order valence-electron chi connectivity index (χ1n) is 7.74. The molecule has 28 heavy (non-hydrogen) atoms. The second kappa shape index (κ2) is 7.92. The van der Waals surface area contributed by atoms with Crippen molar-refractivity contribution in [2.75, 3.05) is 19.5 Å². The van der Waals surface area contributed by atoms with E-state index in [-0.39, 0.29) is 22.5 Å². The van der Waals surface area contributed by atoms with Gasteiger partial charge in [-0.15, -0.1) is 5.10 Å². The molecule has 0 aliphatic heterocycles. The molecule has 3 rings (SSSR count). The topological polar surface area (TPSA) is 130 Å². The molecule has 1 aromatic heterocycles. The number of amides is 1. The molecule has 0 aliphatic carbocycles. The average Bonchev–Trinajstić information content (AvgIpc) is 3.15. The van der Waals surface area contributed by atoms with Crippen LogP contribution < -0.4 is 14.8 Å². The molecule has 0 saturated heterocycles. The molecule has 0 aliphatic rings. The van der Waals surface area contributed by atoms with Crippen LogP contribution in [0.5, 0.6) is 11.5 Å². The van der Waals surface area contributed by atoms with E-state index in [4.69, 9.17) is 25.5 Å². The van der Waals surface area contributed by atoms with Gasteiger partial charge in [0.05, 0.1) is 24.7 Å². The van der Waals surface area contributed by atoms with Crippen LogP contribution in [0.1, 0.15) is 10.4 Å². The molecule has 1 N–H and O–H groups in total. The predicted octanol–water partition coefficient (Wildman–Crippen LogP) is 3.57. The molecule has 2 aromatic carbocycles. The van der Waals surface area contributed by atoms with Crippen molar-refractivity contribution in [3.8, 4) is 23.0 Å². The van der Waals surface area contributed by atoms with Crippen molar-refractivity contribution in [1.29, 1.82) is 0 Å². The number of aromatic nitrogens is 2. The monoisotopic (exact) mass is 404 g/mol. The van der Waals surface area contributed by atoms with E-state index in [1.54, 1.807) is 18.2 Å². The zero-order valence-corrected chi connectivity index (χ0v) is 15.4. The summed E-state index contributed by atoms with van der Waals surface area (Å²) in [5, 5.41) is 21.2. The molecule has 0 radical (unpaired) electrons. The maximum atomic E-state index is 12.4. The van der Waals surface area contributed by atoms with Gasteiger partial charge in [0.1, 0.15) is 17.1 Å². The predicted molar refractivity (Wildman–Crippen MR) is 98.9 cm³/mol. The van der Waals surface area contributed by atoms with Gasteiger partial charge in [-0.1, -0.05) is 16.7 Å². The van der Waals surface area contributed by atoms with Crippen molar-refractivity contribution in [2.45, 2.75) is 0 Å². The minimum Gasteiger partial charge on any atom is -0.497 e. The Kier molecular flexibility index (Phi) is 5.41. The molecule has 0 atom stereocenters. The highest BCUT2D eigenvalue weighted by atomic mass is 35.5. The number of anilines is 1. The second-order valence-corrected chi connectivity index (χ2v) is 5.79. The SMILES string of the molecule is COc1ccc(-c2nnc(NC(=O)c3cc(Cl)ccc3[N+](=O)[O-])o2)c(OC)c1. The summed E-state index contributed by atoms with van der Waals surface area (Å²) in [5.74, 6) is 0.259. The number of nitrogens with zero attached hydrogens (tertiary/aromatic N) is 3. The van der Waals surface area contributed by atoms with E-state index in [0.717, 1.165) is 6.07 Å². The van der Waals surface area contributed by atoms with E-state index in [2.05, 4.69) is 15.5 Å². The highest BCUT2D eigenvalue weighted by Gasteiger charge is 2.23. The van der Waals surface area contributed by atoms with Gasteiger partial charge in [0.2, 0.25) is 0 Å². The molecule has 3 aromatic rings. The van der Waals surface area contributed by atoms with Crippen LogP contribution in [-0.4, -0.2) is 35.2 Å². The third-order valence-electron chi connectivity index (χ3n) is 3.68. The molecule has 11 heteroatoms. The zero-order valence-electron chi connectivity index (χ0n) is 14.6. The van der Waals surface area contributed by atoms with Gasteiger partial charge in [0.15, 0.2) is 0 Å². The van der Waals surface area contributed by atoms with Crippen molar-refractivity contribution >= 4 is 29.2 Å². The van der Waals surface area contributed by atoms with Gasteiger partial charge in [-0.3, -0.25) is 20.2 Å². The number of benzene rings is 2. The third kappa shape index (κ3) is 3.86. The lowest BCUT2D eigenvalue weighted by atomic mass is 10.1. The number of rotatable bonds is 6. The number of halogens is 1. The number of methoxy groups -OCH3 is 2. The molecule has 0 unspecified atom stereocenters. The Labute approximate surface area is 163 Å². The number of hydrogen-bond acceptors (Lipinski definition) is 8.